The summed E-state index contributed by atoms with van der Waals surface area (Å²) in [4.78, 5) is 15.7. The van der Waals surface area contributed by atoms with E-state index in [-0.39, 0.29) is 5.56 Å². The summed E-state index contributed by atoms with van der Waals surface area (Å²) in [5.41, 5.74) is 5.61. The van der Waals surface area contributed by atoms with Crippen LogP contribution in [0.15, 0.2) is 18.3 Å². The lowest BCUT2D eigenvalue weighted by molar-refractivity contribution is 0.0594. The van der Waals surface area contributed by atoms with E-state index in [0.717, 1.165) is 25.8 Å². The molecule has 1 atom stereocenters. The molecule has 1 aromatic heterocycles. The number of nitrogens with zero attached hydrogens (tertiary/aromatic N) is 2. The molecule has 0 amide bonds. The number of carbonyl (C=O) groups is 1. The van der Waals surface area contributed by atoms with E-state index >= 15 is 0 Å². The van der Waals surface area contributed by atoms with Crippen LogP contribution in [0.25, 0.3) is 0 Å². The highest BCUT2D eigenvalue weighted by molar-refractivity contribution is 5.89. The van der Waals surface area contributed by atoms with Crippen LogP contribution in [0, 0.1) is 11.6 Å². The number of hydrogen-bond acceptors (Lipinski definition) is 4. The van der Waals surface area contributed by atoms with Gasteiger partial charge in [0.15, 0.2) is 11.6 Å². The Labute approximate surface area is 139 Å². The second-order valence-electron chi connectivity index (χ2n) is 5.57. The average Bonchev–Trinajstić information content (AvgIpc) is 2.94. The van der Waals surface area contributed by atoms with Crippen molar-refractivity contribution in [3.63, 3.8) is 0 Å². The molecule has 0 spiro atoms. The average molecular weight is 337 g/mol. The van der Waals surface area contributed by atoms with E-state index in [1.54, 1.807) is 11.5 Å². The maximum absolute atomic E-state index is 14.5. The van der Waals surface area contributed by atoms with Crippen molar-refractivity contribution < 1.29 is 18.3 Å². The second kappa shape index (κ2) is 7.42. The van der Waals surface area contributed by atoms with Crippen LogP contribution in [0.4, 0.5) is 14.6 Å². The molecule has 1 heterocycles. The summed E-state index contributed by atoms with van der Waals surface area (Å²) < 4.78 is 34.8. The highest BCUT2D eigenvalue weighted by Gasteiger charge is 2.24. The Hall–Kier alpha value is -2.44. The molecule has 7 heteroatoms. The lowest BCUT2D eigenvalue weighted by Crippen LogP contribution is -2.16. The number of carbonyl (C=O) groups excluding carboxylic acids is 1. The number of anilines is 1. The topological polar surface area (TPSA) is 70.1 Å². The van der Waals surface area contributed by atoms with Gasteiger partial charge in [0.25, 0.3) is 0 Å². The number of halogens is 2. The van der Waals surface area contributed by atoms with E-state index < -0.39 is 29.2 Å². The van der Waals surface area contributed by atoms with Crippen LogP contribution in [0.2, 0.25) is 0 Å². The van der Waals surface area contributed by atoms with Gasteiger partial charge in [0.05, 0.1) is 24.9 Å². The number of unbranched alkanes of at least 4 members (excludes halogenated alkanes) is 1. The van der Waals surface area contributed by atoms with Gasteiger partial charge < -0.3 is 15.0 Å². The van der Waals surface area contributed by atoms with Crippen molar-refractivity contribution in [3.05, 3.63) is 46.9 Å². The Morgan fingerprint density at radius 2 is 2.08 bits per heavy atom. The number of aromatic nitrogens is 2. The Balaban J connectivity index is 2.44. The van der Waals surface area contributed by atoms with E-state index in [9.17, 15) is 13.6 Å². The number of imidazole rings is 1. The summed E-state index contributed by atoms with van der Waals surface area (Å²) >= 11 is 0. The van der Waals surface area contributed by atoms with Crippen molar-refractivity contribution in [3.8, 4) is 0 Å². The van der Waals surface area contributed by atoms with Gasteiger partial charge in [0.2, 0.25) is 0 Å². The first-order valence-corrected chi connectivity index (χ1v) is 7.80. The molecule has 0 saturated carbocycles. The molecule has 2 rings (SSSR count). The number of rotatable bonds is 6. The van der Waals surface area contributed by atoms with E-state index in [4.69, 9.17) is 5.73 Å². The minimum Gasteiger partial charge on any atom is -0.465 e. The summed E-state index contributed by atoms with van der Waals surface area (Å²) in [6.45, 7) is 3.77. The van der Waals surface area contributed by atoms with Crippen molar-refractivity contribution in [1.82, 2.24) is 9.55 Å². The first-order chi connectivity index (χ1) is 11.4. The molecule has 24 heavy (non-hydrogen) atoms. The van der Waals surface area contributed by atoms with Gasteiger partial charge in [0, 0.05) is 12.0 Å². The zero-order valence-corrected chi connectivity index (χ0v) is 14.0. The fourth-order valence-corrected chi connectivity index (χ4v) is 2.67. The SMILES string of the molecule is CCCCc1ncc(N)n1C(C)c1ccc(C(=O)OC)c(F)c1F. The molecule has 0 fully saturated rings. The van der Waals surface area contributed by atoms with Crippen molar-refractivity contribution in [2.24, 2.45) is 0 Å². The number of nitrogen functional groups attached to an aromatic ring is 1. The molecular weight excluding hydrogens is 316 g/mol. The van der Waals surface area contributed by atoms with Gasteiger partial charge in [-0.25, -0.2) is 18.6 Å². The minimum atomic E-state index is -1.22. The molecule has 2 aromatic rings. The zero-order chi connectivity index (χ0) is 17.9. The summed E-state index contributed by atoms with van der Waals surface area (Å²) in [6.07, 6.45) is 4.11. The predicted molar refractivity (Wildman–Crippen MR) is 86.8 cm³/mol. The third-order valence-corrected chi connectivity index (χ3v) is 4.01. The predicted octanol–water partition coefficient (Wildman–Crippen LogP) is 3.48. The lowest BCUT2D eigenvalue weighted by Gasteiger charge is -2.20. The molecular formula is C17H21F2N3O2. The molecule has 0 bridgehead atoms. The summed E-state index contributed by atoms with van der Waals surface area (Å²) in [5, 5.41) is 0. The number of nitrogens with two attached hydrogens (primary N) is 1. The van der Waals surface area contributed by atoms with Gasteiger partial charge in [-0.1, -0.05) is 19.4 Å². The Bertz CT molecular complexity index is 744. The largest absolute Gasteiger partial charge is 0.465 e. The maximum atomic E-state index is 14.5. The van der Waals surface area contributed by atoms with Crippen LogP contribution in [-0.4, -0.2) is 22.6 Å². The van der Waals surface area contributed by atoms with Gasteiger partial charge in [0.1, 0.15) is 11.6 Å². The molecule has 0 aliphatic heterocycles. The van der Waals surface area contributed by atoms with Gasteiger partial charge in [-0.2, -0.15) is 0 Å². The number of aryl methyl sites for hydroxylation is 1. The molecule has 5 nitrogen and oxygen atoms in total. The molecule has 0 aliphatic rings. The number of esters is 1. The van der Waals surface area contributed by atoms with Crippen LogP contribution >= 0.6 is 0 Å². The standard InChI is InChI=1S/C17H21F2N3O2/c1-4-5-6-14-21-9-13(20)22(14)10(2)11-7-8-12(17(23)24-3)16(19)15(11)18/h7-10H,4-6,20H2,1-3H3. The van der Waals surface area contributed by atoms with Crippen LogP contribution in [0.1, 0.15) is 54.5 Å². The fraction of sp³-hybridized carbons (Fsp3) is 0.412. The van der Waals surface area contributed by atoms with E-state index in [2.05, 4.69) is 16.6 Å². The third-order valence-electron chi connectivity index (χ3n) is 4.01. The van der Waals surface area contributed by atoms with Crippen molar-refractivity contribution in [1.29, 1.82) is 0 Å². The molecule has 0 aliphatic carbocycles. The summed E-state index contributed by atoms with van der Waals surface area (Å²) in [7, 11) is 1.11. The first kappa shape index (κ1) is 17.9. The molecule has 130 valence electrons. The monoisotopic (exact) mass is 337 g/mol. The van der Waals surface area contributed by atoms with Crippen molar-refractivity contribution in [2.45, 2.75) is 39.2 Å². The quantitative estimate of drug-likeness (QED) is 0.819. The van der Waals surface area contributed by atoms with Gasteiger partial charge in [-0.3, -0.25) is 0 Å². The summed E-state index contributed by atoms with van der Waals surface area (Å²) in [5.74, 6) is -2.12. The van der Waals surface area contributed by atoms with E-state index in [1.807, 2.05) is 0 Å². The van der Waals surface area contributed by atoms with Crippen LogP contribution < -0.4 is 5.73 Å². The number of ether oxygens (including phenoxy) is 1. The van der Waals surface area contributed by atoms with Crippen molar-refractivity contribution >= 4 is 11.8 Å². The minimum absolute atomic E-state index is 0.0996. The molecule has 0 saturated heterocycles. The van der Waals surface area contributed by atoms with Gasteiger partial charge >= 0.3 is 5.97 Å². The lowest BCUT2D eigenvalue weighted by atomic mass is 10.0. The highest BCUT2D eigenvalue weighted by Crippen LogP contribution is 2.28. The maximum Gasteiger partial charge on any atom is 0.340 e. The number of benzene rings is 1. The summed E-state index contributed by atoms with van der Waals surface area (Å²) in [6, 6.07) is 2.04. The number of hydrogen-bond donors (Lipinski definition) is 1. The van der Waals surface area contributed by atoms with Gasteiger partial charge in [-0.05, 0) is 19.4 Å². The van der Waals surface area contributed by atoms with E-state index in [1.165, 1.54) is 18.3 Å². The zero-order valence-electron chi connectivity index (χ0n) is 14.0. The Morgan fingerprint density at radius 1 is 1.38 bits per heavy atom. The Kier molecular flexibility index (Phi) is 5.54. The smallest absolute Gasteiger partial charge is 0.340 e. The third kappa shape index (κ3) is 3.25. The molecule has 1 unspecified atom stereocenters. The number of methoxy groups -OCH3 is 1. The molecule has 1 aromatic carbocycles. The second-order valence-corrected chi connectivity index (χ2v) is 5.57. The van der Waals surface area contributed by atoms with Crippen LogP contribution in [0.3, 0.4) is 0 Å². The van der Waals surface area contributed by atoms with E-state index in [0.29, 0.717) is 12.2 Å². The molecule has 2 N–H and O–H groups in total. The van der Waals surface area contributed by atoms with Crippen LogP contribution in [-0.2, 0) is 11.2 Å². The highest BCUT2D eigenvalue weighted by atomic mass is 19.2. The van der Waals surface area contributed by atoms with Crippen molar-refractivity contribution in [2.75, 3.05) is 12.8 Å². The normalized spacial score (nSPS) is 12.2. The first-order valence-electron chi connectivity index (χ1n) is 7.80. The van der Waals surface area contributed by atoms with Crippen LogP contribution in [0.5, 0.6) is 0 Å². The van der Waals surface area contributed by atoms with Gasteiger partial charge in [-0.15, -0.1) is 0 Å². The Morgan fingerprint density at radius 3 is 2.71 bits per heavy atom. The molecule has 0 radical (unpaired) electrons. The fourth-order valence-electron chi connectivity index (χ4n) is 2.67.